The van der Waals surface area contributed by atoms with E-state index in [0.29, 0.717) is 6.42 Å². The molecule has 9 N–H and O–H groups in total. The third kappa shape index (κ3) is 10.1. The Morgan fingerprint density at radius 2 is 1.62 bits per heavy atom. The first-order chi connectivity index (χ1) is 18.8. The number of hydrogen-bond donors (Lipinski definition) is 6. The maximum atomic E-state index is 13.3. The molecular weight excluding hydrogens is 527 g/mol. The summed E-state index contributed by atoms with van der Waals surface area (Å²) in [6, 6.07) is 9.67. The quantitative estimate of drug-likeness (QED) is 0.156. The van der Waals surface area contributed by atoms with Gasteiger partial charge in [0.1, 0.15) is 11.9 Å². The van der Waals surface area contributed by atoms with Gasteiger partial charge in [-0.05, 0) is 49.1 Å². The Labute approximate surface area is 231 Å². The van der Waals surface area contributed by atoms with E-state index in [1.54, 1.807) is 0 Å². The smallest absolute Gasteiger partial charge is 0.343 e. The average Bonchev–Trinajstić information content (AvgIpc) is 2.90. The number of carbonyl (C=O) groups excluding carboxylic acids is 3. The first-order valence-corrected chi connectivity index (χ1v) is 12.7. The molecule has 2 aromatic carbocycles. The fraction of sp³-hybridized carbons (Fsp3) is 0.407. The van der Waals surface area contributed by atoms with Crippen molar-refractivity contribution in [2.75, 3.05) is 26.2 Å². The second kappa shape index (κ2) is 15.1. The largest absolute Gasteiger partial charge is 0.416 e. The third-order valence-corrected chi connectivity index (χ3v) is 6.02. The van der Waals surface area contributed by atoms with Crippen molar-refractivity contribution >= 4 is 23.6 Å². The number of amides is 3. The summed E-state index contributed by atoms with van der Waals surface area (Å²) in [5.74, 6) is -2.57. The highest BCUT2D eigenvalue weighted by Crippen LogP contribution is 2.30. The summed E-state index contributed by atoms with van der Waals surface area (Å²) >= 11 is 0. The molecule has 10 nitrogen and oxygen atoms in total. The molecule has 0 aliphatic rings. The topological polar surface area (TPSA) is 180 Å². The van der Waals surface area contributed by atoms with Gasteiger partial charge in [0.05, 0.1) is 18.0 Å². The zero-order valence-electron chi connectivity index (χ0n) is 22.3. The van der Waals surface area contributed by atoms with E-state index in [-0.39, 0.29) is 50.1 Å². The molecule has 0 saturated carbocycles. The molecule has 13 heteroatoms. The lowest BCUT2D eigenvalue weighted by molar-refractivity contribution is -0.137. The van der Waals surface area contributed by atoms with Gasteiger partial charge in [0.2, 0.25) is 17.7 Å². The van der Waals surface area contributed by atoms with E-state index >= 15 is 0 Å². The van der Waals surface area contributed by atoms with Crippen molar-refractivity contribution in [1.82, 2.24) is 15.5 Å². The second-order valence-electron chi connectivity index (χ2n) is 9.30. The van der Waals surface area contributed by atoms with Gasteiger partial charge in [-0.25, -0.2) is 0 Å². The van der Waals surface area contributed by atoms with Crippen LogP contribution < -0.4 is 27.8 Å². The van der Waals surface area contributed by atoms with Crippen molar-refractivity contribution < 1.29 is 27.6 Å². The van der Waals surface area contributed by atoms with Gasteiger partial charge < -0.3 is 32.7 Å². The highest BCUT2D eigenvalue weighted by Gasteiger charge is 2.32. The van der Waals surface area contributed by atoms with E-state index in [0.717, 1.165) is 17.7 Å². The molecule has 0 spiro atoms. The third-order valence-electron chi connectivity index (χ3n) is 6.02. The minimum atomic E-state index is -4.63. The number of alkyl halides is 3. The molecule has 40 heavy (non-hydrogen) atoms. The maximum absolute atomic E-state index is 13.3. The van der Waals surface area contributed by atoms with Crippen LogP contribution in [0.3, 0.4) is 0 Å². The average molecular weight is 564 g/mol. The zero-order chi connectivity index (χ0) is 29.9. The Bertz CT molecular complexity index is 1170. The first-order valence-electron chi connectivity index (χ1n) is 12.7. The number of nitrogens with two attached hydrogens (primary N) is 3. The van der Waals surface area contributed by atoms with Gasteiger partial charge in [-0.2, -0.15) is 13.2 Å². The van der Waals surface area contributed by atoms with Crippen molar-refractivity contribution in [2.45, 2.75) is 44.4 Å². The lowest BCUT2D eigenvalue weighted by Crippen LogP contribution is -2.53. The van der Waals surface area contributed by atoms with Crippen LogP contribution in [0.5, 0.6) is 0 Å². The maximum Gasteiger partial charge on any atom is 0.416 e. The van der Waals surface area contributed by atoms with Crippen LogP contribution in [0.25, 0.3) is 0 Å². The van der Waals surface area contributed by atoms with E-state index in [2.05, 4.69) is 10.6 Å². The SMILES string of the molecule is Cc1cc(C(=N)NC(=O)C(CCc2ccccc2)NC(=O)C(N)CC(=O)N(CCN)CCN)cc(C(F)(F)F)c1. The Balaban J connectivity index is 2.18. The molecule has 0 aromatic heterocycles. The first kappa shape index (κ1) is 32.4. The second-order valence-corrected chi connectivity index (χ2v) is 9.30. The molecular formula is C27H36F3N7O3. The highest BCUT2D eigenvalue weighted by molar-refractivity contribution is 6.08. The van der Waals surface area contributed by atoms with E-state index < -0.39 is 47.4 Å². The number of rotatable bonds is 13. The zero-order valence-corrected chi connectivity index (χ0v) is 22.3. The number of nitrogens with zero attached hydrogens (tertiary/aromatic N) is 1. The van der Waals surface area contributed by atoms with Gasteiger partial charge in [-0.15, -0.1) is 0 Å². The molecule has 2 aromatic rings. The molecule has 2 unspecified atom stereocenters. The van der Waals surface area contributed by atoms with Gasteiger partial charge in [-0.3, -0.25) is 19.8 Å². The Hall–Kier alpha value is -3.81. The Kier molecular flexibility index (Phi) is 12.2. The molecule has 0 heterocycles. The predicted molar refractivity (Wildman–Crippen MR) is 145 cm³/mol. The number of amidine groups is 1. The van der Waals surface area contributed by atoms with Crippen LogP contribution in [-0.2, 0) is 27.0 Å². The fourth-order valence-electron chi connectivity index (χ4n) is 3.96. The number of halogens is 3. The van der Waals surface area contributed by atoms with Crippen LogP contribution in [0.2, 0.25) is 0 Å². The molecule has 218 valence electrons. The van der Waals surface area contributed by atoms with E-state index in [1.807, 2.05) is 30.3 Å². The molecule has 2 atom stereocenters. The van der Waals surface area contributed by atoms with Gasteiger partial charge in [-0.1, -0.05) is 30.3 Å². The van der Waals surface area contributed by atoms with Crippen LogP contribution in [0.1, 0.15) is 35.1 Å². The summed E-state index contributed by atoms with van der Waals surface area (Å²) in [7, 11) is 0. The van der Waals surface area contributed by atoms with E-state index in [4.69, 9.17) is 22.6 Å². The molecule has 0 aliphatic carbocycles. The van der Waals surface area contributed by atoms with Gasteiger partial charge in [0.25, 0.3) is 0 Å². The van der Waals surface area contributed by atoms with Crippen molar-refractivity contribution in [1.29, 1.82) is 5.41 Å². The summed E-state index contributed by atoms with van der Waals surface area (Å²) in [6.07, 6.45) is -4.51. The summed E-state index contributed by atoms with van der Waals surface area (Å²) in [6.45, 7) is 2.33. The number of aryl methyl sites for hydroxylation is 2. The standard InChI is InChI=1S/C27H36F3N7O3/c1-17-13-19(15-20(14-17)27(28,29)30)24(34)36-26(40)22(8-7-18-5-3-2-4-6-18)35-25(39)21(33)16-23(38)37(11-9-31)12-10-32/h2-6,13-15,21-22H,7-12,16,31-33H2,1H3,(H,35,39)(H2,34,36,40). The van der Waals surface area contributed by atoms with Gasteiger partial charge >= 0.3 is 6.18 Å². The van der Waals surface area contributed by atoms with E-state index in [9.17, 15) is 27.6 Å². The lowest BCUT2D eigenvalue weighted by Gasteiger charge is -2.24. The molecule has 0 saturated heterocycles. The van der Waals surface area contributed by atoms with Crippen molar-refractivity contribution in [3.63, 3.8) is 0 Å². The van der Waals surface area contributed by atoms with Crippen molar-refractivity contribution in [3.05, 3.63) is 70.8 Å². The number of benzene rings is 2. The van der Waals surface area contributed by atoms with Gasteiger partial charge in [0, 0.05) is 31.7 Å². The summed E-state index contributed by atoms with van der Waals surface area (Å²) in [4.78, 5) is 40.0. The summed E-state index contributed by atoms with van der Waals surface area (Å²) in [5, 5.41) is 13.0. The number of nitrogens with one attached hydrogen (secondary N) is 3. The molecule has 0 bridgehead atoms. The monoisotopic (exact) mass is 563 g/mol. The molecule has 0 radical (unpaired) electrons. The molecule has 0 aliphatic heterocycles. The fourth-order valence-corrected chi connectivity index (χ4v) is 3.96. The molecule has 3 amide bonds. The normalized spacial score (nSPS) is 12.8. The summed E-state index contributed by atoms with van der Waals surface area (Å²) < 4.78 is 39.8. The number of carbonyl (C=O) groups is 3. The van der Waals surface area contributed by atoms with Crippen LogP contribution in [-0.4, -0.2) is 66.7 Å². The van der Waals surface area contributed by atoms with Crippen molar-refractivity contribution in [3.8, 4) is 0 Å². The van der Waals surface area contributed by atoms with Crippen LogP contribution in [0, 0.1) is 12.3 Å². The van der Waals surface area contributed by atoms with Crippen LogP contribution in [0.4, 0.5) is 13.2 Å². The van der Waals surface area contributed by atoms with Crippen LogP contribution in [0.15, 0.2) is 48.5 Å². The number of hydrogen-bond acceptors (Lipinski definition) is 7. The van der Waals surface area contributed by atoms with Gasteiger partial charge in [0.15, 0.2) is 0 Å². The van der Waals surface area contributed by atoms with Crippen LogP contribution >= 0.6 is 0 Å². The minimum absolute atomic E-state index is 0.101. The predicted octanol–water partition coefficient (Wildman–Crippen LogP) is 1.04. The lowest BCUT2D eigenvalue weighted by atomic mass is 10.0. The Morgan fingerprint density at radius 1 is 1.00 bits per heavy atom. The van der Waals surface area contributed by atoms with Crippen molar-refractivity contribution in [2.24, 2.45) is 17.2 Å². The highest BCUT2D eigenvalue weighted by atomic mass is 19.4. The molecule has 0 fully saturated rings. The molecule has 2 rings (SSSR count). The summed E-state index contributed by atoms with van der Waals surface area (Å²) in [5.41, 5.74) is 17.0. The minimum Gasteiger partial charge on any atom is -0.343 e. The Morgan fingerprint density at radius 3 is 2.20 bits per heavy atom. The van der Waals surface area contributed by atoms with E-state index in [1.165, 1.54) is 17.9 Å².